The van der Waals surface area contributed by atoms with Crippen molar-refractivity contribution in [3.63, 3.8) is 0 Å². The SMILES string of the molecule is CN=C(NCCCN1CCN(c2cccc(C)c2)CC1)NCC1CCCS1. The number of rotatable bonds is 7. The summed E-state index contributed by atoms with van der Waals surface area (Å²) < 4.78 is 0. The molecule has 1 unspecified atom stereocenters. The number of thioether (sulfide) groups is 1. The molecule has 0 spiro atoms. The fourth-order valence-corrected chi connectivity index (χ4v) is 5.00. The lowest BCUT2D eigenvalue weighted by atomic mass is 10.2. The van der Waals surface area contributed by atoms with Gasteiger partial charge in [0, 0.05) is 57.3 Å². The summed E-state index contributed by atoms with van der Waals surface area (Å²) in [6, 6.07) is 8.86. The van der Waals surface area contributed by atoms with E-state index in [1.165, 1.54) is 29.8 Å². The van der Waals surface area contributed by atoms with Gasteiger partial charge in [-0.15, -0.1) is 0 Å². The normalized spacial score (nSPS) is 21.5. The Bertz CT molecular complexity index is 592. The van der Waals surface area contributed by atoms with E-state index in [1.807, 2.05) is 7.05 Å². The van der Waals surface area contributed by atoms with E-state index in [4.69, 9.17) is 0 Å². The van der Waals surface area contributed by atoms with Crippen molar-refractivity contribution in [3.8, 4) is 0 Å². The van der Waals surface area contributed by atoms with Crippen molar-refractivity contribution in [2.75, 3.05) is 63.5 Å². The highest BCUT2D eigenvalue weighted by molar-refractivity contribution is 8.00. The van der Waals surface area contributed by atoms with E-state index in [2.05, 4.69) is 68.4 Å². The monoisotopic (exact) mass is 389 g/mol. The van der Waals surface area contributed by atoms with Crippen LogP contribution in [0.25, 0.3) is 0 Å². The number of guanidine groups is 1. The largest absolute Gasteiger partial charge is 0.369 e. The van der Waals surface area contributed by atoms with Crippen LogP contribution in [0.3, 0.4) is 0 Å². The molecule has 27 heavy (non-hydrogen) atoms. The van der Waals surface area contributed by atoms with Crippen molar-refractivity contribution >= 4 is 23.4 Å². The molecule has 2 aliphatic heterocycles. The minimum atomic E-state index is 0.758. The van der Waals surface area contributed by atoms with Gasteiger partial charge in [-0.2, -0.15) is 11.8 Å². The molecule has 3 rings (SSSR count). The summed E-state index contributed by atoms with van der Waals surface area (Å²) in [5.74, 6) is 2.27. The topological polar surface area (TPSA) is 42.9 Å². The van der Waals surface area contributed by atoms with E-state index in [0.717, 1.165) is 63.4 Å². The maximum atomic E-state index is 4.35. The average Bonchev–Trinajstić information content (AvgIpc) is 3.21. The minimum absolute atomic E-state index is 0.758. The van der Waals surface area contributed by atoms with Crippen molar-refractivity contribution in [2.45, 2.75) is 31.4 Å². The molecule has 0 radical (unpaired) electrons. The lowest BCUT2D eigenvalue weighted by Crippen LogP contribution is -2.47. The van der Waals surface area contributed by atoms with Gasteiger partial charge >= 0.3 is 0 Å². The molecule has 1 aromatic carbocycles. The van der Waals surface area contributed by atoms with Gasteiger partial charge in [-0.25, -0.2) is 0 Å². The fraction of sp³-hybridized carbons (Fsp3) is 0.667. The van der Waals surface area contributed by atoms with Crippen LogP contribution in [0.15, 0.2) is 29.3 Å². The Morgan fingerprint density at radius 2 is 2.07 bits per heavy atom. The van der Waals surface area contributed by atoms with Gasteiger partial charge in [0.15, 0.2) is 5.96 Å². The van der Waals surface area contributed by atoms with Crippen LogP contribution in [0.4, 0.5) is 5.69 Å². The molecule has 0 aromatic heterocycles. The van der Waals surface area contributed by atoms with Crippen LogP contribution in [0, 0.1) is 6.92 Å². The molecular weight excluding hydrogens is 354 g/mol. The summed E-state index contributed by atoms with van der Waals surface area (Å²) in [4.78, 5) is 9.44. The van der Waals surface area contributed by atoms with Crippen LogP contribution in [-0.4, -0.2) is 74.7 Å². The molecule has 6 heteroatoms. The Labute approximate surface area is 169 Å². The van der Waals surface area contributed by atoms with Crippen molar-refractivity contribution in [3.05, 3.63) is 29.8 Å². The van der Waals surface area contributed by atoms with Crippen LogP contribution < -0.4 is 15.5 Å². The predicted molar refractivity (Wildman–Crippen MR) is 119 cm³/mol. The first-order valence-electron chi connectivity index (χ1n) is 10.3. The molecule has 1 atom stereocenters. The number of piperazine rings is 1. The Hall–Kier alpha value is -1.40. The number of hydrogen-bond acceptors (Lipinski definition) is 4. The van der Waals surface area contributed by atoms with Gasteiger partial charge in [-0.05, 0) is 56.2 Å². The molecule has 0 aliphatic carbocycles. The average molecular weight is 390 g/mol. The zero-order chi connectivity index (χ0) is 18.9. The Morgan fingerprint density at radius 1 is 1.22 bits per heavy atom. The second-order valence-corrected chi connectivity index (χ2v) is 8.94. The van der Waals surface area contributed by atoms with Crippen molar-refractivity contribution < 1.29 is 0 Å². The third-order valence-electron chi connectivity index (χ3n) is 5.43. The summed E-state index contributed by atoms with van der Waals surface area (Å²) in [5.41, 5.74) is 2.71. The third kappa shape index (κ3) is 6.61. The Kier molecular flexibility index (Phi) is 8.14. The van der Waals surface area contributed by atoms with Gasteiger partial charge in [0.2, 0.25) is 0 Å². The zero-order valence-electron chi connectivity index (χ0n) is 16.9. The van der Waals surface area contributed by atoms with E-state index in [1.54, 1.807) is 0 Å². The third-order valence-corrected chi connectivity index (χ3v) is 6.83. The van der Waals surface area contributed by atoms with Gasteiger partial charge in [-0.1, -0.05) is 12.1 Å². The van der Waals surface area contributed by atoms with E-state index in [-0.39, 0.29) is 0 Å². The first-order valence-corrected chi connectivity index (χ1v) is 11.4. The summed E-state index contributed by atoms with van der Waals surface area (Å²) in [7, 11) is 1.86. The molecule has 2 heterocycles. The number of nitrogens with zero attached hydrogens (tertiary/aromatic N) is 3. The second-order valence-electron chi connectivity index (χ2n) is 7.54. The van der Waals surface area contributed by atoms with Gasteiger partial charge in [0.05, 0.1) is 0 Å². The predicted octanol–water partition coefficient (Wildman–Crippen LogP) is 2.57. The van der Waals surface area contributed by atoms with Gasteiger partial charge in [0.25, 0.3) is 0 Å². The fourth-order valence-electron chi connectivity index (χ4n) is 3.80. The quantitative estimate of drug-likeness (QED) is 0.426. The van der Waals surface area contributed by atoms with E-state index >= 15 is 0 Å². The molecule has 0 amide bonds. The maximum absolute atomic E-state index is 4.35. The second kappa shape index (κ2) is 10.8. The van der Waals surface area contributed by atoms with Gasteiger partial charge < -0.3 is 15.5 Å². The van der Waals surface area contributed by atoms with Gasteiger partial charge in [0.1, 0.15) is 0 Å². The van der Waals surface area contributed by atoms with Crippen molar-refractivity contribution in [1.29, 1.82) is 0 Å². The maximum Gasteiger partial charge on any atom is 0.191 e. The highest BCUT2D eigenvalue weighted by Gasteiger charge is 2.17. The molecule has 150 valence electrons. The van der Waals surface area contributed by atoms with Crippen LogP contribution >= 0.6 is 11.8 Å². The first kappa shape index (κ1) is 20.3. The molecule has 2 saturated heterocycles. The highest BCUT2D eigenvalue weighted by atomic mass is 32.2. The lowest BCUT2D eigenvalue weighted by Gasteiger charge is -2.36. The van der Waals surface area contributed by atoms with E-state index in [9.17, 15) is 0 Å². The number of benzene rings is 1. The number of aryl methyl sites for hydroxylation is 1. The lowest BCUT2D eigenvalue weighted by molar-refractivity contribution is 0.255. The molecule has 5 nitrogen and oxygen atoms in total. The molecule has 1 aromatic rings. The van der Waals surface area contributed by atoms with Crippen LogP contribution in [-0.2, 0) is 0 Å². The molecule has 2 fully saturated rings. The van der Waals surface area contributed by atoms with Crippen LogP contribution in [0.2, 0.25) is 0 Å². The number of anilines is 1. The summed E-state index contributed by atoms with van der Waals surface area (Å²) in [6.07, 6.45) is 3.85. The smallest absolute Gasteiger partial charge is 0.191 e. The standard InChI is InChI=1S/C21H35N5S/c1-18-6-3-7-19(16-18)26-13-11-25(12-14-26)10-5-9-23-21(22-2)24-17-20-8-4-15-27-20/h3,6-7,16,20H,4-5,8-15,17H2,1-2H3,(H2,22,23,24). The first-order chi connectivity index (χ1) is 13.2. The summed E-state index contributed by atoms with van der Waals surface area (Å²) in [5, 5.41) is 7.70. The van der Waals surface area contributed by atoms with Crippen LogP contribution in [0.5, 0.6) is 0 Å². The minimum Gasteiger partial charge on any atom is -0.369 e. The Balaban J connectivity index is 1.28. The summed E-state index contributed by atoms with van der Waals surface area (Å²) >= 11 is 2.09. The van der Waals surface area contributed by atoms with E-state index in [0.29, 0.717) is 0 Å². The number of hydrogen-bond donors (Lipinski definition) is 2. The number of nitrogens with one attached hydrogen (secondary N) is 2. The molecule has 2 N–H and O–H groups in total. The van der Waals surface area contributed by atoms with Crippen LogP contribution in [0.1, 0.15) is 24.8 Å². The highest BCUT2D eigenvalue weighted by Crippen LogP contribution is 2.25. The summed E-state index contributed by atoms with van der Waals surface area (Å²) in [6.45, 7) is 9.89. The van der Waals surface area contributed by atoms with Crippen molar-refractivity contribution in [2.24, 2.45) is 4.99 Å². The molecular formula is C21H35N5S. The molecule has 0 bridgehead atoms. The molecule has 2 aliphatic rings. The molecule has 0 saturated carbocycles. The number of aliphatic imine (C=N–C) groups is 1. The Morgan fingerprint density at radius 3 is 2.78 bits per heavy atom. The van der Waals surface area contributed by atoms with Crippen molar-refractivity contribution in [1.82, 2.24) is 15.5 Å². The van der Waals surface area contributed by atoms with E-state index < -0.39 is 0 Å². The van der Waals surface area contributed by atoms with Gasteiger partial charge in [-0.3, -0.25) is 9.89 Å². The zero-order valence-corrected chi connectivity index (χ0v) is 17.7.